The molecule has 1 rings (SSSR count). The number of hydrogen-bond donors (Lipinski definition) is 0. The Labute approximate surface area is 87.7 Å². The molecular formula is C6H8I2N2. The van der Waals surface area contributed by atoms with Gasteiger partial charge >= 0.3 is 0 Å². The maximum absolute atomic E-state index is 4.19. The van der Waals surface area contributed by atoms with E-state index < -0.39 is 0 Å². The van der Waals surface area contributed by atoms with Gasteiger partial charge in [-0.25, -0.2) is 0 Å². The Morgan fingerprint density at radius 3 is 2.90 bits per heavy atom. The molecule has 0 saturated carbocycles. The number of nitrogens with zero attached hydrogens (tertiary/aromatic N) is 2. The SMILES string of the molecule is CC(CI)n1cc(I)cn1. The van der Waals surface area contributed by atoms with Gasteiger partial charge in [0.1, 0.15) is 0 Å². The van der Waals surface area contributed by atoms with Crippen molar-refractivity contribution in [3.05, 3.63) is 16.0 Å². The summed E-state index contributed by atoms with van der Waals surface area (Å²) in [4.78, 5) is 0. The molecule has 0 saturated heterocycles. The van der Waals surface area contributed by atoms with Crippen molar-refractivity contribution >= 4 is 45.2 Å². The van der Waals surface area contributed by atoms with Crippen molar-refractivity contribution in [3.63, 3.8) is 0 Å². The number of halogens is 2. The maximum atomic E-state index is 4.19. The molecule has 0 fully saturated rings. The highest BCUT2D eigenvalue weighted by Gasteiger charge is 2.01. The Bertz CT molecular complexity index is 209. The van der Waals surface area contributed by atoms with Gasteiger partial charge in [-0.05, 0) is 29.5 Å². The third-order valence-electron chi connectivity index (χ3n) is 1.24. The molecule has 0 spiro atoms. The molecule has 1 heterocycles. The minimum atomic E-state index is 0.518. The standard InChI is InChI=1S/C6H8I2N2/c1-5(2-7)10-4-6(8)3-9-10/h3-5H,2H2,1H3. The third kappa shape index (κ3) is 2.08. The van der Waals surface area contributed by atoms with Crippen molar-refractivity contribution in [2.75, 3.05) is 4.43 Å². The van der Waals surface area contributed by atoms with Crippen LogP contribution in [0.5, 0.6) is 0 Å². The van der Waals surface area contributed by atoms with Crippen LogP contribution in [0.15, 0.2) is 12.4 Å². The summed E-state index contributed by atoms with van der Waals surface area (Å²) in [6.07, 6.45) is 3.94. The Hall–Kier alpha value is 0.670. The predicted molar refractivity (Wildman–Crippen MR) is 58.5 cm³/mol. The molecule has 0 amide bonds. The van der Waals surface area contributed by atoms with Crippen LogP contribution in [0.2, 0.25) is 0 Å². The van der Waals surface area contributed by atoms with Gasteiger partial charge in [0.15, 0.2) is 0 Å². The van der Waals surface area contributed by atoms with Gasteiger partial charge in [-0.15, -0.1) is 0 Å². The summed E-state index contributed by atoms with van der Waals surface area (Å²) in [5.74, 6) is 0. The van der Waals surface area contributed by atoms with Crippen LogP contribution >= 0.6 is 45.2 Å². The molecular weight excluding hydrogens is 354 g/mol. The molecule has 56 valence electrons. The predicted octanol–water partition coefficient (Wildman–Crippen LogP) is 2.48. The highest BCUT2D eigenvalue weighted by molar-refractivity contribution is 14.1. The smallest absolute Gasteiger partial charge is 0.0623 e. The summed E-state index contributed by atoms with van der Waals surface area (Å²) in [7, 11) is 0. The molecule has 10 heavy (non-hydrogen) atoms. The molecule has 2 nitrogen and oxygen atoms in total. The van der Waals surface area contributed by atoms with E-state index in [1.807, 2.05) is 10.9 Å². The molecule has 4 heteroatoms. The molecule has 1 aromatic heterocycles. The number of alkyl halides is 1. The summed E-state index contributed by atoms with van der Waals surface area (Å²) in [6, 6.07) is 0.518. The van der Waals surface area contributed by atoms with Crippen molar-refractivity contribution in [1.82, 2.24) is 9.78 Å². The van der Waals surface area contributed by atoms with Gasteiger partial charge in [0, 0.05) is 10.6 Å². The Balaban J connectivity index is 2.74. The van der Waals surface area contributed by atoms with Crippen LogP contribution in [0, 0.1) is 3.57 Å². The fourth-order valence-corrected chi connectivity index (χ4v) is 1.44. The molecule has 0 N–H and O–H groups in total. The minimum absolute atomic E-state index is 0.518. The van der Waals surface area contributed by atoms with E-state index in [2.05, 4.69) is 63.4 Å². The first-order valence-electron chi connectivity index (χ1n) is 2.99. The lowest BCUT2D eigenvalue weighted by Gasteiger charge is -2.06. The summed E-state index contributed by atoms with van der Waals surface area (Å²) < 4.78 is 4.30. The topological polar surface area (TPSA) is 17.8 Å². The largest absolute Gasteiger partial charge is 0.268 e. The van der Waals surface area contributed by atoms with E-state index in [1.54, 1.807) is 0 Å². The van der Waals surface area contributed by atoms with Gasteiger partial charge in [-0.3, -0.25) is 4.68 Å². The van der Waals surface area contributed by atoms with E-state index in [0.717, 1.165) is 4.43 Å². The summed E-state index contributed by atoms with van der Waals surface area (Å²) in [5, 5.41) is 4.19. The summed E-state index contributed by atoms with van der Waals surface area (Å²) in [6.45, 7) is 2.16. The van der Waals surface area contributed by atoms with Crippen molar-refractivity contribution in [2.24, 2.45) is 0 Å². The minimum Gasteiger partial charge on any atom is -0.268 e. The van der Waals surface area contributed by atoms with Gasteiger partial charge in [-0.2, -0.15) is 5.10 Å². The lowest BCUT2D eigenvalue weighted by molar-refractivity contribution is 0.546. The fraction of sp³-hybridized carbons (Fsp3) is 0.500. The van der Waals surface area contributed by atoms with Crippen molar-refractivity contribution in [2.45, 2.75) is 13.0 Å². The van der Waals surface area contributed by atoms with Gasteiger partial charge in [0.05, 0.1) is 15.8 Å². The Kier molecular flexibility index (Phi) is 3.41. The molecule has 0 bridgehead atoms. The molecule has 0 aromatic carbocycles. The van der Waals surface area contributed by atoms with Crippen LogP contribution in [0.3, 0.4) is 0 Å². The van der Waals surface area contributed by atoms with Crippen LogP contribution in [0.4, 0.5) is 0 Å². The molecule has 0 aliphatic rings. The molecule has 1 atom stereocenters. The van der Waals surface area contributed by atoms with Gasteiger partial charge in [0.2, 0.25) is 0 Å². The Morgan fingerprint density at radius 2 is 2.50 bits per heavy atom. The second kappa shape index (κ2) is 3.89. The molecule has 0 aliphatic heterocycles. The highest BCUT2D eigenvalue weighted by Crippen LogP contribution is 2.10. The first-order valence-corrected chi connectivity index (χ1v) is 5.60. The number of hydrogen-bond acceptors (Lipinski definition) is 1. The summed E-state index contributed by atoms with van der Waals surface area (Å²) in [5.41, 5.74) is 0. The van der Waals surface area contributed by atoms with E-state index in [-0.39, 0.29) is 0 Å². The monoisotopic (exact) mass is 362 g/mol. The van der Waals surface area contributed by atoms with E-state index in [9.17, 15) is 0 Å². The maximum Gasteiger partial charge on any atom is 0.0623 e. The van der Waals surface area contributed by atoms with Crippen molar-refractivity contribution < 1.29 is 0 Å². The summed E-state index contributed by atoms with van der Waals surface area (Å²) >= 11 is 4.63. The normalized spacial score (nSPS) is 13.5. The lowest BCUT2D eigenvalue weighted by atomic mass is 10.4. The molecule has 1 aromatic rings. The second-order valence-electron chi connectivity index (χ2n) is 2.14. The van der Waals surface area contributed by atoms with Crippen molar-refractivity contribution in [3.8, 4) is 0 Å². The molecule has 0 radical (unpaired) electrons. The van der Waals surface area contributed by atoms with Gasteiger partial charge in [-0.1, -0.05) is 22.6 Å². The second-order valence-corrected chi connectivity index (χ2v) is 4.27. The average Bonchev–Trinajstić information content (AvgIpc) is 2.34. The highest BCUT2D eigenvalue weighted by atomic mass is 127. The van der Waals surface area contributed by atoms with E-state index in [0.29, 0.717) is 6.04 Å². The van der Waals surface area contributed by atoms with Crippen molar-refractivity contribution in [1.29, 1.82) is 0 Å². The molecule has 0 aliphatic carbocycles. The van der Waals surface area contributed by atoms with Crippen LogP contribution in [-0.2, 0) is 0 Å². The Morgan fingerprint density at radius 1 is 1.80 bits per heavy atom. The van der Waals surface area contributed by atoms with Crippen LogP contribution in [0.25, 0.3) is 0 Å². The van der Waals surface area contributed by atoms with Crippen LogP contribution < -0.4 is 0 Å². The van der Waals surface area contributed by atoms with E-state index in [4.69, 9.17) is 0 Å². The number of aromatic nitrogens is 2. The van der Waals surface area contributed by atoms with Gasteiger partial charge in [0.25, 0.3) is 0 Å². The zero-order valence-electron chi connectivity index (χ0n) is 5.59. The lowest BCUT2D eigenvalue weighted by Crippen LogP contribution is -2.05. The third-order valence-corrected chi connectivity index (χ3v) is 3.08. The first kappa shape index (κ1) is 8.76. The zero-order valence-corrected chi connectivity index (χ0v) is 9.90. The number of rotatable bonds is 2. The van der Waals surface area contributed by atoms with Crippen LogP contribution in [0.1, 0.15) is 13.0 Å². The zero-order chi connectivity index (χ0) is 7.56. The molecule has 1 unspecified atom stereocenters. The van der Waals surface area contributed by atoms with Gasteiger partial charge < -0.3 is 0 Å². The first-order chi connectivity index (χ1) is 4.74. The van der Waals surface area contributed by atoms with E-state index in [1.165, 1.54) is 3.57 Å². The fourth-order valence-electron chi connectivity index (χ4n) is 0.627. The quantitative estimate of drug-likeness (QED) is 0.584. The average molecular weight is 362 g/mol. The van der Waals surface area contributed by atoms with Crippen LogP contribution in [-0.4, -0.2) is 14.2 Å². The van der Waals surface area contributed by atoms with E-state index >= 15 is 0 Å².